The first kappa shape index (κ1) is 23.5. The lowest BCUT2D eigenvalue weighted by Gasteiger charge is -2.25. The summed E-state index contributed by atoms with van der Waals surface area (Å²) in [6.45, 7) is 3.05. The Bertz CT molecular complexity index is 1330. The molecule has 0 aromatic carbocycles. The Hall–Kier alpha value is -3.62. The maximum atomic E-state index is 12.9. The number of fused-ring (bicyclic) bond motifs is 2. The highest BCUT2D eigenvalue weighted by molar-refractivity contribution is 5.75. The minimum absolute atomic E-state index is 0.285. The van der Waals surface area contributed by atoms with Gasteiger partial charge >= 0.3 is 17.8 Å². The number of rotatable bonds is 3. The highest BCUT2D eigenvalue weighted by Gasteiger charge is 2.40. The van der Waals surface area contributed by atoms with Gasteiger partial charge in [-0.05, 0) is 12.3 Å². The Morgan fingerprint density at radius 3 is 2.59 bits per heavy atom. The van der Waals surface area contributed by atoms with Crippen LogP contribution in [-0.2, 0) is 25.4 Å². The Balaban J connectivity index is 0.000000344. The molecule has 0 bridgehead atoms. The van der Waals surface area contributed by atoms with Crippen molar-refractivity contribution in [2.75, 3.05) is 24.5 Å². The normalized spacial score (nSPS) is 19.9. The maximum Gasteiger partial charge on any atom is 0.490 e. The van der Waals surface area contributed by atoms with Crippen molar-refractivity contribution < 1.29 is 27.5 Å². The average molecular weight is 485 g/mol. The van der Waals surface area contributed by atoms with Gasteiger partial charge in [-0.2, -0.15) is 18.2 Å². The summed E-state index contributed by atoms with van der Waals surface area (Å²) in [5, 5.41) is 10.6. The number of carboxylic acids is 1. The van der Waals surface area contributed by atoms with Crippen LogP contribution in [-0.4, -0.2) is 66.6 Å². The van der Waals surface area contributed by atoms with Crippen LogP contribution < -0.4 is 21.5 Å². The Kier molecular flexibility index (Phi) is 5.97. The summed E-state index contributed by atoms with van der Waals surface area (Å²) in [4.78, 5) is 45.4. The van der Waals surface area contributed by atoms with Gasteiger partial charge in [0.1, 0.15) is 12.8 Å². The molecule has 0 aliphatic carbocycles. The molecule has 5 heterocycles. The van der Waals surface area contributed by atoms with Gasteiger partial charge in [-0.25, -0.2) is 14.6 Å². The Morgan fingerprint density at radius 1 is 1.26 bits per heavy atom. The molecule has 2 aliphatic rings. The quantitative estimate of drug-likeness (QED) is 0.520. The third-order valence-electron chi connectivity index (χ3n) is 6.05. The standard InChI is InChI=1S/C17H21N7O3.C2HF3O2/c1-21-14-13(15(25)22(2)17(21)26)24(9-12-19-4-6-27-12)16(20-14)23-5-3-10-7-18-8-11(10)23;3-2(4,5)1(6)7/h4,6,10-11,18H,3,5,7-9H2,1-2H3;(H,6,7). The molecule has 0 spiro atoms. The van der Waals surface area contributed by atoms with Gasteiger partial charge in [-0.1, -0.05) is 0 Å². The van der Waals surface area contributed by atoms with E-state index < -0.39 is 12.1 Å². The zero-order valence-corrected chi connectivity index (χ0v) is 18.2. The number of anilines is 1. The third-order valence-corrected chi connectivity index (χ3v) is 6.05. The van der Waals surface area contributed by atoms with E-state index in [1.54, 1.807) is 13.2 Å². The minimum atomic E-state index is -5.08. The van der Waals surface area contributed by atoms with Gasteiger partial charge in [0.25, 0.3) is 5.56 Å². The first-order valence-corrected chi connectivity index (χ1v) is 10.3. The molecule has 2 fully saturated rings. The molecule has 2 atom stereocenters. The van der Waals surface area contributed by atoms with Gasteiger partial charge in [0.05, 0.1) is 6.20 Å². The molecule has 12 nitrogen and oxygen atoms in total. The van der Waals surface area contributed by atoms with Crippen molar-refractivity contribution in [2.24, 2.45) is 20.0 Å². The molecule has 0 saturated carbocycles. The minimum Gasteiger partial charge on any atom is -0.475 e. The second-order valence-corrected chi connectivity index (χ2v) is 8.07. The summed E-state index contributed by atoms with van der Waals surface area (Å²) < 4.78 is 41.5. The second-order valence-electron chi connectivity index (χ2n) is 8.07. The number of alkyl halides is 3. The van der Waals surface area contributed by atoms with Crippen molar-refractivity contribution in [2.45, 2.75) is 25.2 Å². The van der Waals surface area contributed by atoms with Crippen LogP contribution in [0.1, 0.15) is 12.3 Å². The number of nitrogens with one attached hydrogen (secondary N) is 1. The van der Waals surface area contributed by atoms with Crippen LogP contribution in [0.3, 0.4) is 0 Å². The van der Waals surface area contributed by atoms with E-state index in [9.17, 15) is 22.8 Å². The number of carbonyl (C=O) groups is 1. The topological polar surface area (TPSA) is 140 Å². The van der Waals surface area contributed by atoms with Crippen molar-refractivity contribution in [1.82, 2.24) is 29.0 Å². The number of hydrogen-bond donors (Lipinski definition) is 2. The number of aromatic nitrogens is 5. The van der Waals surface area contributed by atoms with E-state index in [2.05, 4.69) is 15.2 Å². The number of carboxylic acid groups (broad SMARTS) is 1. The summed E-state index contributed by atoms with van der Waals surface area (Å²) in [6, 6.07) is 0.339. The summed E-state index contributed by atoms with van der Waals surface area (Å²) in [7, 11) is 3.12. The molecular formula is C19H22F3N7O5. The molecule has 2 unspecified atom stereocenters. The van der Waals surface area contributed by atoms with Crippen molar-refractivity contribution in [3.8, 4) is 0 Å². The van der Waals surface area contributed by atoms with Crippen LogP contribution in [0.15, 0.2) is 26.5 Å². The first-order valence-electron chi connectivity index (χ1n) is 10.3. The lowest BCUT2D eigenvalue weighted by atomic mass is 10.1. The largest absolute Gasteiger partial charge is 0.490 e. The van der Waals surface area contributed by atoms with E-state index >= 15 is 0 Å². The SMILES string of the molecule is Cn1c(=O)c2c(nc(N3CCC4CNCC43)n2Cc2ncco2)n(C)c1=O.O=C(O)C(F)(F)F. The molecule has 15 heteroatoms. The molecule has 5 rings (SSSR count). The summed E-state index contributed by atoms with van der Waals surface area (Å²) in [5.41, 5.74) is 0.0293. The molecule has 2 aliphatic heterocycles. The molecule has 2 N–H and O–H groups in total. The molecule has 34 heavy (non-hydrogen) atoms. The molecule has 3 aromatic rings. The molecule has 184 valence electrons. The van der Waals surface area contributed by atoms with E-state index in [0.717, 1.165) is 30.6 Å². The van der Waals surface area contributed by atoms with Gasteiger partial charge in [0.2, 0.25) is 11.8 Å². The molecule has 3 aromatic heterocycles. The maximum absolute atomic E-state index is 12.9. The number of oxazole rings is 1. The smallest absolute Gasteiger partial charge is 0.475 e. The average Bonchev–Trinajstić information content (AvgIpc) is 3.55. The Morgan fingerprint density at radius 2 is 1.97 bits per heavy atom. The first-order chi connectivity index (χ1) is 16.0. The number of aliphatic carboxylic acids is 1. The van der Waals surface area contributed by atoms with Crippen LogP contribution in [0.4, 0.5) is 19.1 Å². The van der Waals surface area contributed by atoms with Gasteiger partial charge in [0.15, 0.2) is 11.2 Å². The van der Waals surface area contributed by atoms with Gasteiger partial charge in [-0.15, -0.1) is 0 Å². The van der Waals surface area contributed by atoms with Crippen molar-refractivity contribution in [1.29, 1.82) is 0 Å². The number of imidazole rings is 1. The zero-order valence-electron chi connectivity index (χ0n) is 18.2. The fourth-order valence-electron chi connectivity index (χ4n) is 4.37. The van der Waals surface area contributed by atoms with Crippen LogP contribution in [0.25, 0.3) is 11.2 Å². The fourth-order valence-corrected chi connectivity index (χ4v) is 4.37. The number of aryl methyl sites for hydroxylation is 1. The highest BCUT2D eigenvalue weighted by atomic mass is 19.4. The molecule has 2 saturated heterocycles. The van der Waals surface area contributed by atoms with E-state index in [4.69, 9.17) is 19.3 Å². The predicted octanol–water partition coefficient (Wildman–Crippen LogP) is -0.0986. The van der Waals surface area contributed by atoms with Crippen LogP contribution in [0.5, 0.6) is 0 Å². The van der Waals surface area contributed by atoms with E-state index in [1.165, 1.54) is 17.9 Å². The zero-order chi connectivity index (χ0) is 24.8. The molecule has 0 radical (unpaired) electrons. The van der Waals surface area contributed by atoms with Gasteiger partial charge in [0, 0.05) is 39.8 Å². The predicted molar refractivity (Wildman–Crippen MR) is 112 cm³/mol. The third kappa shape index (κ3) is 4.06. The van der Waals surface area contributed by atoms with E-state index in [1.807, 2.05) is 4.57 Å². The van der Waals surface area contributed by atoms with Crippen molar-refractivity contribution in [3.05, 3.63) is 39.2 Å². The summed E-state index contributed by atoms with van der Waals surface area (Å²) >= 11 is 0. The highest BCUT2D eigenvalue weighted by Crippen LogP contribution is 2.33. The molecule has 0 amide bonds. The molecular weight excluding hydrogens is 463 g/mol. The van der Waals surface area contributed by atoms with Crippen molar-refractivity contribution in [3.63, 3.8) is 0 Å². The Labute approximate surface area is 189 Å². The lowest BCUT2D eigenvalue weighted by Crippen LogP contribution is -2.38. The van der Waals surface area contributed by atoms with Gasteiger partial charge in [-0.3, -0.25) is 18.5 Å². The summed E-state index contributed by atoms with van der Waals surface area (Å²) in [6.07, 6.45) is -0.916. The van der Waals surface area contributed by atoms with E-state index in [-0.39, 0.29) is 17.8 Å². The number of hydrogen-bond acceptors (Lipinski definition) is 8. The van der Waals surface area contributed by atoms with Crippen LogP contribution >= 0.6 is 0 Å². The number of halogens is 3. The lowest BCUT2D eigenvalue weighted by molar-refractivity contribution is -0.192. The van der Waals surface area contributed by atoms with Gasteiger partial charge < -0.3 is 19.7 Å². The fraction of sp³-hybridized carbons (Fsp3) is 0.526. The van der Waals surface area contributed by atoms with Crippen LogP contribution in [0.2, 0.25) is 0 Å². The van der Waals surface area contributed by atoms with E-state index in [0.29, 0.717) is 35.0 Å². The van der Waals surface area contributed by atoms with Crippen molar-refractivity contribution >= 4 is 23.1 Å². The summed E-state index contributed by atoms with van der Waals surface area (Å²) in [5.74, 6) is -0.997. The monoisotopic (exact) mass is 485 g/mol. The second kappa shape index (κ2) is 8.62. The van der Waals surface area contributed by atoms with Crippen LogP contribution in [0, 0.1) is 5.92 Å². The number of nitrogens with zero attached hydrogens (tertiary/aromatic N) is 6.